The maximum atomic E-state index is 11.2. The van der Waals surface area contributed by atoms with Crippen LogP contribution in [0.3, 0.4) is 0 Å². The second kappa shape index (κ2) is 4.36. The number of pyridine rings is 1. The summed E-state index contributed by atoms with van der Waals surface area (Å²) in [4.78, 5) is 15.2. The minimum Gasteiger partial charge on any atom is -0.465 e. The van der Waals surface area contributed by atoms with Gasteiger partial charge < -0.3 is 9.94 Å². The number of esters is 1. The van der Waals surface area contributed by atoms with Gasteiger partial charge in [-0.2, -0.15) is 0 Å². The molecule has 0 saturated carbocycles. The molecule has 0 unspecified atom stereocenters. The van der Waals surface area contributed by atoms with Gasteiger partial charge in [0.15, 0.2) is 0 Å². The minimum atomic E-state index is -0.442. The molecular formula is C9H10N2O3. The summed E-state index contributed by atoms with van der Waals surface area (Å²) in [6.45, 7) is 1.74. The summed E-state index contributed by atoms with van der Waals surface area (Å²) in [5.41, 5.74) is 1.45. The maximum absolute atomic E-state index is 11.2. The summed E-state index contributed by atoms with van der Waals surface area (Å²) >= 11 is 0. The predicted octanol–water partition coefficient (Wildman–Crippen LogP) is 0.985. The molecule has 0 aliphatic heterocycles. The van der Waals surface area contributed by atoms with Crippen LogP contribution >= 0.6 is 0 Å². The molecule has 0 bridgehead atoms. The van der Waals surface area contributed by atoms with E-state index in [0.29, 0.717) is 17.0 Å². The van der Waals surface area contributed by atoms with E-state index in [4.69, 9.17) is 5.21 Å². The quantitative estimate of drug-likeness (QED) is 0.330. The highest BCUT2D eigenvalue weighted by Crippen LogP contribution is 2.05. The molecule has 5 nitrogen and oxygen atoms in total. The van der Waals surface area contributed by atoms with Crippen LogP contribution in [-0.4, -0.2) is 29.5 Å². The first-order chi connectivity index (χ1) is 6.67. The normalized spacial score (nSPS) is 10.4. The van der Waals surface area contributed by atoms with E-state index in [1.807, 2.05) is 0 Å². The number of nitrogens with zero attached hydrogens (tertiary/aromatic N) is 2. The van der Waals surface area contributed by atoms with Crippen molar-refractivity contribution in [3.8, 4) is 0 Å². The number of aryl methyl sites for hydroxylation is 1. The van der Waals surface area contributed by atoms with Gasteiger partial charge in [0.05, 0.1) is 24.6 Å². The van der Waals surface area contributed by atoms with Gasteiger partial charge >= 0.3 is 5.97 Å². The Hall–Kier alpha value is -1.91. The van der Waals surface area contributed by atoms with Crippen molar-refractivity contribution in [2.75, 3.05) is 7.11 Å². The average molecular weight is 194 g/mol. The Kier molecular flexibility index (Phi) is 3.17. The molecule has 1 rings (SSSR count). The highest BCUT2D eigenvalue weighted by molar-refractivity contribution is 5.91. The van der Waals surface area contributed by atoms with Crippen molar-refractivity contribution >= 4 is 12.2 Å². The fourth-order valence-electron chi connectivity index (χ4n) is 1.06. The van der Waals surface area contributed by atoms with Crippen LogP contribution in [0.15, 0.2) is 17.3 Å². The van der Waals surface area contributed by atoms with E-state index >= 15 is 0 Å². The standard InChI is InChI=1S/C9H10N2O3/c1-6-3-7(9(12)14-2)4-8(11-6)5-10-13/h3-5,13H,1-2H3. The number of carbonyl (C=O) groups excluding carboxylic acids is 1. The fourth-order valence-corrected chi connectivity index (χ4v) is 1.06. The third-order valence-electron chi connectivity index (χ3n) is 1.58. The van der Waals surface area contributed by atoms with Crippen LogP contribution in [-0.2, 0) is 4.74 Å². The first-order valence-electron chi connectivity index (χ1n) is 3.92. The van der Waals surface area contributed by atoms with E-state index < -0.39 is 5.97 Å². The molecule has 0 aliphatic carbocycles. The third-order valence-corrected chi connectivity index (χ3v) is 1.58. The van der Waals surface area contributed by atoms with Crippen LogP contribution in [0.2, 0.25) is 0 Å². The van der Waals surface area contributed by atoms with Gasteiger partial charge in [0.25, 0.3) is 0 Å². The van der Waals surface area contributed by atoms with Crippen molar-refractivity contribution in [1.29, 1.82) is 0 Å². The minimum absolute atomic E-state index is 0.384. The second-order valence-corrected chi connectivity index (χ2v) is 2.66. The Morgan fingerprint density at radius 3 is 2.93 bits per heavy atom. The van der Waals surface area contributed by atoms with Crippen molar-refractivity contribution in [1.82, 2.24) is 4.98 Å². The molecule has 1 heterocycles. The zero-order valence-electron chi connectivity index (χ0n) is 7.89. The molecule has 0 radical (unpaired) electrons. The summed E-state index contributed by atoms with van der Waals surface area (Å²) in [5, 5.41) is 11.1. The Morgan fingerprint density at radius 2 is 2.36 bits per heavy atom. The average Bonchev–Trinajstić information content (AvgIpc) is 2.16. The van der Waals surface area contributed by atoms with Gasteiger partial charge in [-0.1, -0.05) is 5.16 Å². The Labute approximate surface area is 81.0 Å². The van der Waals surface area contributed by atoms with Gasteiger partial charge in [0.1, 0.15) is 0 Å². The monoisotopic (exact) mass is 194 g/mol. The third kappa shape index (κ3) is 2.29. The highest BCUT2D eigenvalue weighted by Gasteiger charge is 2.07. The lowest BCUT2D eigenvalue weighted by Crippen LogP contribution is -2.04. The first kappa shape index (κ1) is 10.2. The first-order valence-corrected chi connectivity index (χ1v) is 3.92. The molecule has 74 valence electrons. The van der Waals surface area contributed by atoms with Crippen LogP contribution in [0.4, 0.5) is 0 Å². The molecule has 5 heteroatoms. The molecular weight excluding hydrogens is 184 g/mol. The highest BCUT2D eigenvalue weighted by atomic mass is 16.5. The van der Waals surface area contributed by atoms with Crippen molar-refractivity contribution in [2.45, 2.75) is 6.92 Å². The van der Waals surface area contributed by atoms with Gasteiger partial charge in [0.2, 0.25) is 0 Å². The van der Waals surface area contributed by atoms with E-state index in [1.165, 1.54) is 13.2 Å². The maximum Gasteiger partial charge on any atom is 0.337 e. The van der Waals surface area contributed by atoms with Crippen molar-refractivity contribution in [3.63, 3.8) is 0 Å². The summed E-state index contributed by atoms with van der Waals surface area (Å²) < 4.78 is 4.55. The Balaban J connectivity index is 3.13. The number of methoxy groups -OCH3 is 1. The number of carbonyl (C=O) groups is 1. The predicted molar refractivity (Wildman–Crippen MR) is 49.7 cm³/mol. The zero-order chi connectivity index (χ0) is 10.6. The number of hydrogen-bond acceptors (Lipinski definition) is 5. The lowest BCUT2D eigenvalue weighted by molar-refractivity contribution is 0.0600. The summed E-state index contributed by atoms with van der Waals surface area (Å²) in [7, 11) is 1.30. The van der Waals surface area contributed by atoms with E-state index in [0.717, 1.165) is 6.21 Å². The SMILES string of the molecule is COC(=O)c1cc(C)nc(C=NO)c1. The fraction of sp³-hybridized carbons (Fsp3) is 0.222. The lowest BCUT2D eigenvalue weighted by Gasteiger charge is -2.01. The van der Waals surface area contributed by atoms with Crippen LogP contribution in [0.5, 0.6) is 0 Å². The number of aromatic nitrogens is 1. The zero-order valence-corrected chi connectivity index (χ0v) is 7.89. The van der Waals surface area contributed by atoms with Crippen LogP contribution < -0.4 is 0 Å². The van der Waals surface area contributed by atoms with E-state index in [1.54, 1.807) is 13.0 Å². The molecule has 0 aliphatic rings. The molecule has 1 N–H and O–H groups in total. The molecule has 1 aromatic heterocycles. The molecule has 14 heavy (non-hydrogen) atoms. The smallest absolute Gasteiger partial charge is 0.337 e. The summed E-state index contributed by atoms with van der Waals surface area (Å²) in [6.07, 6.45) is 1.15. The number of hydrogen-bond donors (Lipinski definition) is 1. The number of rotatable bonds is 2. The number of oxime groups is 1. The van der Waals surface area contributed by atoms with Crippen molar-refractivity contribution in [3.05, 3.63) is 29.1 Å². The molecule has 0 fully saturated rings. The molecule has 0 saturated heterocycles. The van der Waals surface area contributed by atoms with E-state index in [-0.39, 0.29) is 0 Å². The molecule has 1 aromatic rings. The van der Waals surface area contributed by atoms with Crippen LogP contribution in [0.1, 0.15) is 21.7 Å². The van der Waals surface area contributed by atoms with Crippen LogP contribution in [0.25, 0.3) is 0 Å². The second-order valence-electron chi connectivity index (χ2n) is 2.66. The summed E-state index contributed by atoms with van der Waals surface area (Å²) in [6, 6.07) is 3.08. The van der Waals surface area contributed by atoms with Crippen molar-refractivity contribution < 1.29 is 14.7 Å². The molecule has 0 atom stereocenters. The molecule has 0 aromatic carbocycles. The Bertz CT molecular complexity index is 374. The number of ether oxygens (including phenoxy) is 1. The van der Waals surface area contributed by atoms with Gasteiger partial charge in [-0.05, 0) is 19.1 Å². The van der Waals surface area contributed by atoms with Gasteiger partial charge in [-0.25, -0.2) is 4.79 Å². The van der Waals surface area contributed by atoms with Crippen LogP contribution in [0, 0.1) is 6.92 Å². The Morgan fingerprint density at radius 1 is 1.64 bits per heavy atom. The van der Waals surface area contributed by atoms with E-state index in [9.17, 15) is 4.79 Å². The largest absolute Gasteiger partial charge is 0.465 e. The van der Waals surface area contributed by atoms with Crippen molar-refractivity contribution in [2.24, 2.45) is 5.16 Å². The molecule has 0 spiro atoms. The summed E-state index contributed by atoms with van der Waals surface area (Å²) in [5.74, 6) is -0.442. The molecule has 0 amide bonds. The van der Waals surface area contributed by atoms with Gasteiger partial charge in [-0.3, -0.25) is 4.98 Å². The topological polar surface area (TPSA) is 71.8 Å². The van der Waals surface area contributed by atoms with E-state index in [2.05, 4.69) is 14.9 Å². The van der Waals surface area contributed by atoms with Gasteiger partial charge in [-0.15, -0.1) is 0 Å². The van der Waals surface area contributed by atoms with Gasteiger partial charge in [0, 0.05) is 5.69 Å². The lowest BCUT2D eigenvalue weighted by atomic mass is 10.2.